The van der Waals surface area contributed by atoms with Crippen molar-refractivity contribution in [1.29, 1.82) is 0 Å². The van der Waals surface area contributed by atoms with E-state index in [2.05, 4.69) is 49.4 Å². The average Bonchev–Trinajstić information content (AvgIpc) is 2.63. The number of carboxylic acid groups (broad SMARTS) is 1. The first-order valence-electron chi connectivity index (χ1n) is 8.53. The number of hydrogen-bond donors (Lipinski definition) is 2. The topological polar surface area (TPSA) is 81.6 Å². The second-order valence-corrected chi connectivity index (χ2v) is 6.02. The molecule has 0 amide bonds. The Hall–Kier alpha value is -2.67. The van der Waals surface area contributed by atoms with Gasteiger partial charge in [0.25, 0.3) is 0 Å². The molecule has 2 N–H and O–H groups in total. The molecule has 2 aromatic rings. The monoisotopic (exact) mass is 341 g/mol. The van der Waals surface area contributed by atoms with Gasteiger partial charge < -0.3 is 15.3 Å². The summed E-state index contributed by atoms with van der Waals surface area (Å²) in [7, 11) is 0. The summed E-state index contributed by atoms with van der Waals surface area (Å²) < 4.78 is 0. The van der Waals surface area contributed by atoms with E-state index in [0.717, 1.165) is 32.7 Å². The number of benzene rings is 1. The molecule has 1 aromatic carbocycles. The number of anilines is 2. The van der Waals surface area contributed by atoms with Crippen LogP contribution in [-0.2, 0) is 6.54 Å². The quantitative estimate of drug-likeness (QED) is 0.831. The van der Waals surface area contributed by atoms with Gasteiger partial charge in [0.05, 0.1) is 0 Å². The lowest BCUT2D eigenvalue weighted by atomic mass is 10.2. The molecule has 0 bridgehead atoms. The van der Waals surface area contributed by atoms with Crippen molar-refractivity contribution in [2.24, 2.45) is 0 Å². The number of nitrogens with zero attached hydrogens (tertiary/aromatic N) is 4. The SMILES string of the molecule is CCNc1nc(N2CCN(Cc3ccccc3)CC2)ncc1C(=O)O. The minimum atomic E-state index is -1.02. The van der Waals surface area contributed by atoms with Gasteiger partial charge in [-0.1, -0.05) is 30.3 Å². The van der Waals surface area contributed by atoms with Crippen molar-refractivity contribution in [3.05, 3.63) is 47.7 Å². The molecule has 1 aliphatic heterocycles. The molecule has 2 heterocycles. The lowest BCUT2D eigenvalue weighted by molar-refractivity contribution is 0.0697. The summed E-state index contributed by atoms with van der Waals surface area (Å²) in [5, 5.41) is 12.2. The van der Waals surface area contributed by atoms with Gasteiger partial charge in [-0.05, 0) is 12.5 Å². The summed E-state index contributed by atoms with van der Waals surface area (Å²) in [6.45, 7) is 6.97. The number of aromatic carboxylic acids is 1. The number of piperazine rings is 1. The van der Waals surface area contributed by atoms with E-state index in [-0.39, 0.29) is 5.56 Å². The lowest BCUT2D eigenvalue weighted by Crippen LogP contribution is -2.46. The molecular weight excluding hydrogens is 318 g/mol. The molecular formula is C18H23N5O2. The molecule has 0 unspecified atom stereocenters. The van der Waals surface area contributed by atoms with Crippen LogP contribution in [0.1, 0.15) is 22.8 Å². The normalized spacial score (nSPS) is 15.2. The molecule has 25 heavy (non-hydrogen) atoms. The van der Waals surface area contributed by atoms with Crippen LogP contribution in [0.15, 0.2) is 36.5 Å². The standard InChI is InChI=1S/C18H23N5O2/c1-2-19-16-15(17(24)25)12-20-18(21-16)23-10-8-22(9-11-23)13-14-6-4-3-5-7-14/h3-7,12H,2,8-11,13H2,1H3,(H,24,25)(H,19,20,21). The Balaban J connectivity index is 1.64. The molecule has 1 aliphatic rings. The van der Waals surface area contributed by atoms with Crippen LogP contribution < -0.4 is 10.2 Å². The van der Waals surface area contributed by atoms with Crippen LogP contribution in [-0.4, -0.2) is 58.7 Å². The van der Waals surface area contributed by atoms with Crippen molar-refractivity contribution in [3.8, 4) is 0 Å². The number of carbonyl (C=O) groups is 1. The summed E-state index contributed by atoms with van der Waals surface area (Å²) in [6.07, 6.45) is 1.39. The molecule has 132 valence electrons. The van der Waals surface area contributed by atoms with Gasteiger partial charge in [-0.3, -0.25) is 4.90 Å². The fourth-order valence-corrected chi connectivity index (χ4v) is 2.93. The van der Waals surface area contributed by atoms with Crippen molar-refractivity contribution in [2.45, 2.75) is 13.5 Å². The van der Waals surface area contributed by atoms with Crippen LogP contribution in [0, 0.1) is 0 Å². The van der Waals surface area contributed by atoms with Crippen LogP contribution in [0.3, 0.4) is 0 Å². The van der Waals surface area contributed by atoms with E-state index < -0.39 is 5.97 Å². The number of hydrogen-bond acceptors (Lipinski definition) is 6. The summed E-state index contributed by atoms with van der Waals surface area (Å²) in [4.78, 5) is 24.4. The highest BCUT2D eigenvalue weighted by Gasteiger charge is 2.21. The predicted molar refractivity (Wildman–Crippen MR) is 97.1 cm³/mol. The van der Waals surface area contributed by atoms with Gasteiger partial charge >= 0.3 is 5.97 Å². The maximum atomic E-state index is 11.3. The van der Waals surface area contributed by atoms with Crippen LogP contribution in [0.25, 0.3) is 0 Å². The molecule has 1 aromatic heterocycles. The number of aromatic nitrogens is 2. The highest BCUT2D eigenvalue weighted by Crippen LogP contribution is 2.18. The predicted octanol–water partition coefficient (Wildman–Crippen LogP) is 1.93. The van der Waals surface area contributed by atoms with Gasteiger partial charge in [0.15, 0.2) is 0 Å². The first-order valence-corrected chi connectivity index (χ1v) is 8.53. The first kappa shape index (κ1) is 17.2. The molecule has 0 aliphatic carbocycles. The number of rotatable bonds is 6. The van der Waals surface area contributed by atoms with Crippen molar-refractivity contribution in [3.63, 3.8) is 0 Å². The Morgan fingerprint density at radius 3 is 2.56 bits per heavy atom. The fraction of sp³-hybridized carbons (Fsp3) is 0.389. The largest absolute Gasteiger partial charge is 0.477 e. The molecule has 0 spiro atoms. The molecule has 3 rings (SSSR count). The van der Waals surface area contributed by atoms with Gasteiger partial charge in [-0.25, -0.2) is 9.78 Å². The molecule has 1 fully saturated rings. The van der Waals surface area contributed by atoms with Crippen molar-refractivity contribution in [1.82, 2.24) is 14.9 Å². The van der Waals surface area contributed by atoms with Crippen molar-refractivity contribution >= 4 is 17.7 Å². The Morgan fingerprint density at radius 2 is 1.92 bits per heavy atom. The van der Waals surface area contributed by atoms with Gasteiger partial charge in [0.2, 0.25) is 5.95 Å². The minimum Gasteiger partial charge on any atom is -0.477 e. The zero-order valence-electron chi connectivity index (χ0n) is 14.4. The third-order valence-corrected chi connectivity index (χ3v) is 4.25. The van der Waals surface area contributed by atoms with Crippen LogP contribution in [0.4, 0.5) is 11.8 Å². The molecule has 7 heteroatoms. The third kappa shape index (κ3) is 4.24. The molecule has 7 nitrogen and oxygen atoms in total. The maximum absolute atomic E-state index is 11.3. The maximum Gasteiger partial charge on any atom is 0.341 e. The Bertz CT molecular complexity index is 715. The Labute approximate surface area is 147 Å². The Morgan fingerprint density at radius 1 is 1.20 bits per heavy atom. The van der Waals surface area contributed by atoms with Crippen molar-refractivity contribution in [2.75, 3.05) is 42.9 Å². The Kier molecular flexibility index (Phi) is 5.45. The summed E-state index contributed by atoms with van der Waals surface area (Å²) in [5.74, 6) is -0.0535. The van der Waals surface area contributed by atoms with E-state index in [1.54, 1.807) is 0 Å². The molecule has 0 atom stereocenters. The van der Waals surface area contributed by atoms with Crippen LogP contribution in [0.2, 0.25) is 0 Å². The second kappa shape index (κ2) is 7.94. The van der Waals surface area contributed by atoms with Gasteiger partial charge in [0.1, 0.15) is 11.4 Å². The van der Waals surface area contributed by atoms with Gasteiger partial charge in [-0.2, -0.15) is 4.98 Å². The smallest absolute Gasteiger partial charge is 0.341 e. The fourth-order valence-electron chi connectivity index (χ4n) is 2.93. The van der Waals surface area contributed by atoms with Crippen LogP contribution >= 0.6 is 0 Å². The van der Waals surface area contributed by atoms with E-state index >= 15 is 0 Å². The van der Waals surface area contributed by atoms with E-state index in [4.69, 9.17) is 0 Å². The van der Waals surface area contributed by atoms with E-state index in [1.807, 2.05) is 13.0 Å². The second-order valence-electron chi connectivity index (χ2n) is 6.02. The minimum absolute atomic E-state index is 0.105. The van der Waals surface area contributed by atoms with E-state index in [1.165, 1.54) is 11.8 Å². The van der Waals surface area contributed by atoms with E-state index in [9.17, 15) is 9.90 Å². The van der Waals surface area contributed by atoms with Crippen LogP contribution in [0.5, 0.6) is 0 Å². The number of carboxylic acids is 1. The molecule has 1 saturated heterocycles. The van der Waals surface area contributed by atoms with Gasteiger partial charge in [-0.15, -0.1) is 0 Å². The zero-order valence-corrected chi connectivity index (χ0v) is 14.4. The summed E-state index contributed by atoms with van der Waals surface area (Å²) in [6, 6.07) is 10.4. The number of nitrogens with one attached hydrogen (secondary N) is 1. The highest BCUT2D eigenvalue weighted by molar-refractivity contribution is 5.92. The highest BCUT2D eigenvalue weighted by atomic mass is 16.4. The van der Waals surface area contributed by atoms with Gasteiger partial charge in [0, 0.05) is 45.5 Å². The molecule has 0 radical (unpaired) electrons. The summed E-state index contributed by atoms with van der Waals surface area (Å²) in [5.41, 5.74) is 1.42. The third-order valence-electron chi connectivity index (χ3n) is 4.25. The van der Waals surface area contributed by atoms with E-state index in [0.29, 0.717) is 18.3 Å². The zero-order chi connectivity index (χ0) is 17.6. The first-order chi connectivity index (χ1) is 12.2. The van der Waals surface area contributed by atoms with Crippen molar-refractivity contribution < 1.29 is 9.90 Å². The molecule has 0 saturated carbocycles. The summed E-state index contributed by atoms with van der Waals surface area (Å²) >= 11 is 0. The average molecular weight is 341 g/mol. The lowest BCUT2D eigenvalue weighted by Gasteiger charge is -2.34.